The minimum atomic E-state index is 0.523. The van der Waals surface area contributed by atoms with Gasteiger partial charge in [0.15, 0.2) is 4.77 Å². The first kappa shape index (κ1) is 11.5. The molecule has 0 fully saturated rings. The number of rotatable bonds is 1. The molecule has 0 aliphatic carbocycles. The molecule has 1 aromatic carbocycles. The summed E-state index contributed by atoms with van der Waals surface area (Å²) in [6.07, 6.45) is 0. The Morgan fingerprint density at radius 3 is 2.69 bits per heavy atom. The Morgan fingerprint density at radius 1 is 1.25 bits per heavy atom. The molecule has 82 valence electrons. The summed E-state index contributed by atoms with van der Waals surface area (Å²) in [6, 6.07) is 8.15. The average molecular weight is 295 g/mol. The lowest BCUT2D eigenvalue weighted by Gasteiger charge is -2.06. The summed E-state index contributed by atoms with van der Waals surface area (Å²) in [7, 11) is 0. The zero-order chi connectivity index (χ0) is 11.7. The molecule has 0 atom stereocenters. The van der Waals surface area contributed by atoms with Crippen molar-refractivity contribution in [1.82, 2.24) is 9.97 Å². The highest BCUT2D eigenvalue weighted by molar-refractivity contribution is 9.10. The molecule has 0 spiro atoms. The van der Waals surface area contributed by atoms with E-state index >= 15 is 0 Å². The van der Waals surface area contributed by atoms with Crippen LogP contribution in [-0.4, -0.2) is 9.97 Å². The SMILES string of the molecule is Cc1cc(-c2cc(Br)ccc2C)nc(=S)[nH]1. The summed E-state index contributed by atoms with van der Waals surface area (Å²) in [4.78, 5) is 7.35. The summed E-state index contributed by atoms with van der Waals surface area (Å²) in [5.74, 6) is 0. The van der Waals surface area contributed by atoms with E-state index in [9.17, 15) is 0 Å². The Hall–Kier alpha value is -1.00. The molecule has 0 amide bonds. The molecule has 0 aliphatic rings. The van der Waals surface area contributed by atoms with Gasteiger partial charge in [0.05, 0.1) is 5.69 Å². The van der Waals surface area contributed by atoms with Gasteiger partial charge in [0.25, 0.3) is 0 Å². The Labute approximate surface area is 108 Å². The molecular weight excluding hydrogens is 284 g/mol. The number of benzene rings is 1. The summed E-state index contributed by atoms with van der Waals surface area (Å²) in [5.41, 5.74) is 4.24. The Kier molecular flexibility index (Phi) is 3.21. The third kappa shape index (κ3) is 2.39. The molecule has 0 aliphatic heterocycles. The summed E-state index contributed by atoms with van der Waals surface area (Å²) < 4.78 is 1.57. The van der Waals surface area contributed by atoms with Gasteiger partial charge >= 0.3 is 0 Å². The molecular formula is C12H11BrN2S. The standard InChI is InChI=1S/C12H11BrN2S/c1-7-3-4-9(13)6-10(7)11-5-8(2)14-12(16)15-11/h3-6H,1-2H3,(H,14,15,16). The van der Waals surface area contributed by atoms with Gasteiger partial charge in [0, 0.05) is 15.7 Å². The van der Waals surface area contributed by atoms with Gasteiger partial charge in [0.2, 0.25) is 0 Å². The third-order valence-corrected chi connectivity index (χ3v) is 3.04. The Morgan fingerprint density at radius 2 is 2.00 bits per heavy atom. The van der Waals surface area contributed by atoms with E-state index in [1.807, 2.05) is 19.1 Å². The monoisotopic (exact) mass is 294 g/mol. The molecule has 0 saturated carbocycles. The van der Waals surface area contributed by atoms with Gasteiger partial charge in [-0.15, -0.1) is 0 Å². The van der Waals surface area contributed by atoms with Gasteiger partial charge in [-0.25, -0.2) is 4.98 Å². The van der Waals surface area contributed by atoms with Crippen LogP contribution < -0.4 is 0 Å². The maximum absolute atomic E-state index is 5.08. The van der Waals surface area contributed by atoms with E-state index in [-0.39, 0.29) is 0 Å². The van der Waals surface area contributed by atoms with E-state index in [0.29, 0.717) is 4.77 Å². The molecule has 0 unspecified atom stereocenters. The fraction of sp³-hybridized carbons (Fsp3) is 0.167. The van der Waals surface area contributed by atoms with Gasteiger partial charge in [-0.3, -0.25) is 0 Å². The van der Waals surface area contributed by atoms with Crippen LogP contribution in [0.15, 0.2) is 28.7 Å². The van der Waals surface area contributed by atoms with Crippen LogP contribution in [0.4, 0.5) is 0 Å². The molecule has 0 saturated heterocycles. The fourth-order valence-electron chi connectivity index (χ4n) is 1.59. The second-order valence-corrected chi connectivity index (χ2v) is 5.02. The smallest absolute Gasteiger partial charge is 0.197 e. The number of hydrogen-bond acceptors (Lipinski definition) is 2. The predicted molar refractivity (Wildman–Crippen MR) is 72.0 cm³/mol. The van der Waals surface area contributed by atoms with E-state index in [1.165, 1.54) is 5.56 Å². The largest absolute Gasteiger partial charge is 0.335 e. The molecule has 0 bridgehead atoms. The van der Waals surface area contributed by atoms with E-state index in [4.69, 9.17) is 12.2 Å². The van der Waals surface area contributed by atoms with Gasteiger partial charge in [-0.2, -0.15) is 0 Å². The maximum atomic E-state index is 5.08. The maximum Gasteiger partial charge on any atom is 0.197 e. The number of aryl methyl sites for hydroxylation is 2. The van der Waals surface area contributed by atoms with Crippen molar-refractivity contribution < 1.29 is 0 Å². The molecule has 16 heavy (non-hydrogen) atoms. The first-order valence-corrected chi connectivity index (χ1v) is 6.11. The fourth-order valence-corrected chi connectivity index (χ4v) is 2.21. The van der Waals surface area contributed by atoms with Gasteiger partial charge in [0.1, 0.15) is 0 Å². The van der Waals surface area contributed by atoms with Crippen molar-refractivity contribution in [2.45, 2.75) is 13.8 Å². The van der Waals surface area contributed by atoms with Crippen LogP contribution in [0, 0.1) is 18.6 Å². The Balaban J connectivity index is 2.66. The molecule has 2 nitrogen and oxygen atoms in total. The van der Waals surface area contributed by atoms with Crippen molar-refractivity contribution in [2.24, 2.45) is 0 Å². The highest BCUT2D eigenvalue weighted by atomic mass is 79.9. The van der Waals surface area contributed by atoms with Crippen LogP contribution in [-0.2, 0) is 0 Å². The van der Waals surface area contributed by atoms with E-state index < -0.39 is 0 Å². The highest BCUT2D eigenvalue weighted by Crippen LogP contribution is 2.25. The Bertz CT molecular complexity index is 590. The number of H-pyrrole nitrogens is 1. The highest BCUT2D eigenvalue weighted by Gasteiger charge is 2.04. The topological polar surface area (TPSA) is 28.7 Å². The predicted octanol–water partition coefficient (Wildman–Crippen LogP) is 4.19. The molecule has 4 heteroatoms. The number of halogens is 1. The molecule has 1 N–H and O–H groups in total. The second kappa shape index (κ2) is 4.47. The summed E-state index contributed by atoms with van der Waals surface area (Å²) >= 11 is 8.55. The van der Waals surface area contributed by atoms with Crippen LogP contribution in [0.3, 0.4) is 0 Å². The second-order valence-electron chi connectivity index (χ2n) is 3.71. The van der Waals surface area contributed by atoms with Crippen molar-refractivity contribution in [2.75, 3.05) is 0 Å². The summed E-state index contributed by atoms with van der Waals surface area (Å²) in [5, 5.41) is 0. The molecule has 1 heterocycles. The van der Waals surface area contributed by atoms with Gasteiger partial charge in [-0.1, -0.05) is 22.0 Å². The van der Waals surface area contributed by atoms with Crippen LogP contribution >= 0.6 is 28.1 Å². The van der Waals surface area contributed by atoms with Crippen molar-refractivity contribution in [1.29, 1.82) is 0 Å². The number of nitrogens with one attached hydrogen (secondary N) is 1. The number of aromatic amines is 1. The van der Waals surface area contributed by atoms with Crippen LogP contribution in [0.1, 0.15) is 11.3 Å². The average Bonchev–Trinajstić information content (AvgIpc) is 2.20. The van der Waals surface area contributed by atoms with E-state index in [1.54, 1.807) is 0 Å². The first-order chi connectivity index (χ1) is 7.56. The lowest BCUT2D eigenvalue weighted by Crippen LogP contribution is -1.92. The number of nitrogens with zero attached hydrogens (tertiary/aromatic N) is 1. The quantitative estimate of drug-likeness (QED) is 0.799. The lowest BCUT2D eigenvalue weighted by molar-refractivity contribution is 1.08. The lowest BCUT2D eigenvalue weighted by atomic mass is 10.1. The van der Waals surface area contributed by atoms with Crippen molar-refractivity contribution in [3.63, 3.8) is 0 Å². The minimum absolute atomic E-state index is 0.523. The van der Waals surface area contributed by atoms with Crippen molar-refractivity contribution in [3.05, 3.63) is 44.8 Å². The molecule has 2 rings (SSSR count). The first-order valence-electron chi connectivity index (χ1n) is 4.91. The van der Waals surface area contributed by atoms with Crippen molar-refractivity contribution >= 4 is 28.1 Å². The zero-order valence-corrected chi connectivity index (χ0v) is 11.4. The normalized spacial score (nSPS) is 10.4. The number of aromatic nitrogens is 2. The molecule has 0 radical (unpaired) electrons. The van der Waals surface area contributed by atoms with Gasteiger partial charge < -0.3 is 4.98 Å². The molecule has 1 aromatic heterocycles. The molecule has 2 aromatic rings. The van der Waals surface area contributed by atoms with E-state index in [0.717, 1.165) is 21.4 Å². The van der Waals surface area contributed by atoms with E-state index in [2.05, 4.69) is 45.0 Å². The van der Waals surface area contributed by atoms with Crippen LogP contribution in [0.2, 0.25) is 0 Å². The zero-order valence-electron chi connectivity index (χ0n) is 9.04. The third-order valence-electron chi connectivity index (χ3n) is 2.35. The minimum Gasteiger partial charge on any atom is -0.335 e. The van der Waals surface area contributed by atoms with Crippen molar-refractivity contribution in [3.8, 4) is 11.3 Å². The van der Waals surface area contributed by atoms with Crippen LogP contribution in [0.5, 0.6) is 0 Å². The summed E-state index contributed by atoms with van der Waals surface area (Å²) in [6.45, 7) is 4.05. The van der Waals surface area contributed by atoms with Gasteiger partial charge in [-0.05, 0) is 49.8 Å². The number of hydrogen-bond donors (Lipinski definition) is 1. The van der Waals surface area contributed by atoms with Crippen LogP contribution in [0.25, 0.3) is 11.3 Å².